The molecule has 0 aliphatic rings. The Labute approximate surface area is 83.3 Å². The van der Waals surface area contributed by atoms with E-state index >= 15 is 0 Å². The van der Waals surface area contributed by atoms with Gasteiger partial charge in [0.05, 0.1) is 19.5 Å². The molecule has 0 aliphatic carbocycles. The van der Waals surface area contributed by atoms with Gasteiger partial charge in [0, 0.05) is 6.42 Å². The Bertz CT molecular complexity index is 257. The molecule has 0 aromatic carbocycles. The maximum Gasteiger partial charge on any atom is 0.307 e. The molecule has 84 valence electrons. The molecule has 0 spiro atoms. The van der Waals surface area contributed by atoms with Crippen LogP contribution in [0, 0.1) is 0 Å². The van der Waals surface area contributed by atoms with E-state index in [0.29, 0.717) is 0 Å². The lowest BCUT2D eigenvalue weighted by atomic mass is 10.5. The molecule has 0 unspecified atom stereocenters. The van der Waals surface area contributed by atoms with Crippen LogP contribution in [0.25, 0.3) is 0 Å². The average molecular weight is 226 g/mol. The van der Waals surface area contributed by atoms with Crippen molar-refractivity contribution < 1.29 is 26.9 Å². The maximum atomic E-state index is 10.6. The predicted octanol–water partition coefficient (Wildman–Crippen LogP) is -0.110. The van der Waals surface area contributed by atoms with Crippen LogP contribution in [0.2, 0.25) is 0 Å². The van der Waals surface area contributed by atoms with Crippen LogP contribution in [0.4, 0.5) is 0 Å². The van der Waals surface area contributed by atoms with Crippen molar-refractivity contribution in [3.8, 4) is 0 Å². The highest BCUT2D eigenvalue weighted by molar-refractivity contribution is 7.85. The van der Waals surface area contributed by atoms with E-state index in [1.165, 1.54) is 0 Å². The third-order valence-corrected chi connectivity index (χ3v) is 1.71. The smallest absolute Gasteiger partial charge is 0.307 e. The minimum Gasteiger partial charge on any atom is -0.438 e. The second-order valence-electron chi connectivity index (χ2n) is 2.42. The average Bonchev–Trinajstić information content (AvgIpc) is 2.08. The molecule has 0 atom stereocenters. The minimum atomic E-state index is -3.42. The van der Waals surface area contributed by atoms with Gasteiger partial charge >= 0.3 is 5.97 Å². The second-order valence-corrected chi connectivity index (χ2v) is 4.07. The lowest BCUT2D eigenvalue weighted by Crippen LogP contribution is -2.12. The quantitative estimate of drug-likeness (QED) is 0.261. The fraction of sp³-hybridized carbons (Fsp3) is 0.857. The Hall–Kier alpha value is -0.660. The molecule has 0 bridgehead atoms. The highest BCUT2D eigenvalue weighted by atomic mass is 32.2. The highest BCUT2D eigenvalue weighted by Crippen LogP contribution is 1.88. The van der Waals surface area contributed by atoms with Gasteiger partial charge in [-0.05, 0) is 0 Å². The summed E-state index contributed by atoms with van der Waals surface area (Å²) in [5.41, 5.74) is 0. The summed E-state index contributed by atoms with van der Waals surface area (Å²) in [4.78, 5) is 10.6. The number of hydrogen-bond donors (Lipinski definition) is 0. The number of esters is 1. The molecule has 0 saturated heterocycles. The largest absolute Gasteiger partial charge is 0.438 e. The van der Waals surface area contributed by atoms with E-state index in [9.17, 15) is 13.2 Å². The summed E-state index contributed by atoms with van der Waals surface area (Å²) in [6.07, 6.45) is 1.23. The van der Waals surface area contributed by atoms with Crippen LogP contribution in [-0.4, -0.2) is 40.6 Å². The summed E-state index contributed by atoms with van der Waals surface area (Å²) in [7, 11) is -3.42. The van der Waals surface area contributed by atoms with Crippen molar-refractivity contribution in [3.63, 3.8) is 0 Å². The molecule has 14 heavy (non-hydrogen) atoms. The maximum absolute atomic E-state index is 10.6. The highest BCUT2D eigenvalue weighted by Gasteiger charge is 2.01. The zero-order valence-corrected chi connectivity index (χ0v) is 9.00. The molecule has 0 aromatic rings. The van der Waals surface area contributed by atoms with Crippen molar-refractivity contribution >= 4 is 16.1 Å². The summed E-state index contributed by atoms with van der Waals surface area (Å²) >= 11 is 0. The molecule has 0 aliphatic heterocycles. The normalized spacial score (nSPS) is 11.3. The summed E-state index contributed by atoms with van der Waals surface area (Å²) in [6, 6.07) is 0. The monoisotopic (exact) mass is 226 g/mol. The van der Waals surface area contributed by atoms with Crippen molar-refractivity contribution in [2.24, 2.45) is 0 Å². The van der Waals surface area contributed by atoms with Crippen LogP contribution in [0.5, 0.6) is 0 Å². The summed E-state index contributed by atoms with van der Waals surface area (Å²) in [5, 5.41) is 0. The molecule has 7 heteroatoms. The molecule has 6 nitrogen and oxygen atoms in total. The van der Waals surface area contributed by atoms with Gasteiger partial charge < -0.3 is 9.47 Å². The van der Waals surface area contributed by atoms with Crippen LogP contribution < -0.4 is 0 Å². The van der Waals surface area contributed by atoms with Crippen molar-refractivity contribution in [2.45, 2.75) is 13.3 Å². The van der Waals surface area contributed by atoms with E-state index in [4.69, 9.17) is 4.74 Å². The second kappa shape index (κ2) is 6.74. The first kappa shape index (κ1) is 13.3. The van der Waals surface area contributed by atoms with Gasteiger partial charge in [-0.2, -0.15) is 8.42 Å². The summed E-state index contributed by atoms with van der Waals surface area (Å²) < 4.78 is 34.6. The van der Waals surface area contributed by atoms with Gasteiger partial charge in [-0.25, -0.2) is 0 Å². The van der Waals surface area contributed by atoms with E-state index in [1.54, 1.807) is 6.92 Å². The third-order valence-electron chi connectivity index (χ3n) is 1.12. The van der Waals surface area contributed by atoms with Crippen LogP contribution in [0.1, 0.15) is 13.3 Å². The van der Waals surface area contributed by atoms with E-state index in [0.717, 1.165) is 6.26 Å². The van der Waals surface area contributed by atoms with E-state index < -0.39 is 10.1 Å². The molecule has 0 amide bonds. The Morgan fingerprint density at radius 3 is 2.43 bits per heavy atom. The van der Waals surface area contributed by atoms with Gasteiger partial charge in [0.15, 0.2) is 6.79 Å². The number of hydrogen-bond acceptors (Lipinski definition) is 6. The molecule has 0 rings (SSSR count). The van der Waals surface area contributed by atoms with Gasteiger partial charge in [-0.1, -0.05) is 6.92 Å². The van der Waals surface area contributed by atoms with Crippen molar-refractivity contribution in [1.82, 2.24) is 0 Å². The van der Waals surface area contributed by atoms with Crippen LogP contribution in [0.3, 0.4) is 0 Å². The van der Waals surface area contributed by atoms with Gasteiger partial charge in [0.1, 0.15) is 0 Å². The first-order valence-corrected chi connectivity index (χ1v) is 5.85. The Kier molecular flexibility index (Phi) is 6.43. The standard InChI is InChI=1S/C7H14O6S/c1-3-7(8)12-6-11-4-5-13-14(2,9)10/h3-6H2,1-2H3. The summed E-state index contributed by atoms with van der Waals surface area (Å²) in [5.74, 6) is -0.367. The number of rotatable bonds is 7. The number of carbonyl (C=O) groups is 1. The van der Waals surface area contributed by atoms with Crippen LogP contribution in [-0.2, 0) is 28.6 Å². The van der Waals surface area contributed by atoms with Gasteiger partial charge in [-0.3, -0.25) is 8.98 Å². The Balaban J connectivity index is 3.27. The molecule has 0 N–H and O–H groups in total. The minimum absolute atomic E-state index is 0.0596. The van der Waals surface area contributed by atoms with Crippen molar-refractivity contribution in [1.29, 1.82) is 0 Å². The molecule has 0 heterocycles. The Morgan fingerprint density at radius 1 is 1.29 bits per heavy atom. The fourth-order valence-corrected chi connectivity index (χ4v) is 0.883. The molecular formula is C7H14O6S. The van der Waals surface area contributed by atoms with E-state index in [2.05, 4.69) is 8.92 Å². The van der Waals surface area contributed by atoms with Gasteiger partial charge in [0.25, 0.3) is 10.1 Å². The SMILES string of the molecule is CCC(=O)OCOCCOS(C)(=O)=O. The topological polar surface area (TPSA) is 78.9 Å². The van der Waals surface area contributed by atoms with Gasteiger partial charge in [-0.15, -0.1) is 0 Å². The first-order chi connectivity index (χ1) is 6.45. The third kappa shape index (κ3) is 9.43. The summed E-state index contributed by atoms with van der Waals surface area (Å²) in [6.45, 7) is 1.46. The molecule has 0 fully saturated rings. The zero-order chi connectivity index (χ0) is 11.0. The zero-order valence-electron chi connectivity index (χ0n) is 8.19. The van der Waals surface area contributed by atoms with E-state index in [1.807, 2.05) is 0 Å². The van der Waals surface area contributed by atoms with Gasteiger partial charge in [0.2, 0.25) is 0 Å². The van der Waals surface area contributed by atoms with E-state index in [-0.39, 0.29) is 32.4 Å². The lowest BCUT2D eigenvalue weighted by Gasteiger charge is -2.04. The van der Waals surface area contributed by atoms with Crippen LogP contribution in [0.15, 0.2) is 0 Å². The lowest BCUT2D eigenvalue weighted by molar-refractivity contribution is -0.156. The van der Waals surface area contributed by atoms with Crippen molar-refractivity contribution in [2.75, 3.05) is 26.3 Å². The number of carbonyl (C=O) groups excluding carboxylic acids is 1. The molecule has 0 aromatic heterocycles. The fourth-order valence-electron chi connectivity index (χ4n) is 0.513. The number of ether oxygens (including phenoxy) is 2. The predicted molar refractivity (Wildman–Crippen MR) is 48.0 cm³/mol. The molecule has 0 saturated carbocycles. The molecular weight excluding hydrogens is 212 g/mol. The first-order valence-electron chi connectivity index (χ1n) is 4.03. The molecule has 0 radical (unpaired) electrons. The van der Waals surface area contributed by atoms with Crippen LogP contribution >= 0.6 is 0 Å². The Morgan fingerprint density at radius 2 is 1.93 bits per heavy atom. The van der Waals surface area contributed by atoms with Crippen molar-refractivity contribution in [3.05, 3.63) is 0 Å².